The van der Waals surface area contributed by atoms with Crippen LogP contribution in [0.4, 0.5) is 4.39 Å². The van der Waals surface area contributed by atoms with E-state index in [2.05, 4.69) is 31.7 Å². The maximum Gasteiger partial charge on any atom is 0.243 e. The summed E-state index contributed by atoms with van der Waals surface area (Å²) in [5, 5.41) is 14.6. The van der Waals surface area contributed by atoms with Crippen molar-refractivity contribution < 1.29 is 17.9 Å². The summed E-state index contributed by atoms with van der Waals surface area (Å²) < 4.78 is 40.0. The van der Waals surface area contributed by atoms with Crippen molar-refractivity contribution in [3.63, 3.8) is 0 Å². The number of aromatic nitrogens is 3. The number of benzene rings is 1. The SMILES string of the molecule is O=S(=O)(NCc1ncn[nH]1)c1ccc(C#CCO)cc1F. The number of aliphatic hydroxyl groups is 1. The van der Waals surface area contributed by atoms with Gasteiger partial charge in [0.15, 0.2) is 0 Å². The van der Waals surface area contributed by atoms with E-state index in [1.165, 1.54) is 12.4 Å². The molecular formula is C12H11FN4O3S. The van der Waals surface area contributed by atoms with Crippen LogP contribution in [0.3, 0.4) is 0 Å². The number of sulfonamides is 1. The van der Waals surface area contributed by atoms with Crippen LogP contribution in [0.5, 0.6) is 0 Å². The fourth-order valence-corrected chi connectivity index (χ4v) is 2.54. The van der Waals surface area contributed by atoms with Crippen molar-refractivity contribution in [2.75, 3.05) is 6.61 Å². The van der Waals surface area contributed by atoms with Gasteiger partial charge in [-0.1, -0.05) is 11.8 Å². The first-order valence-corrected chi connectivity index (χ1v) is 7.24. The molecule has 2 aromatic rings. The van der Waals surface area contributed by atoms with E-state index in [-0.39, 0.29) is 18.7 Å². The molecule has 1 aromatic heterocycles. The predicted molar refractivity (Wildman–Crippen MR) is 70.8 cm³/mol. The van der Waals surface area contributed by atoms with E-state index in [0.717, 1.165) is 12.1 Å². The third kappa shape index (κ3) is 3.85. The van der Waals surface area contributed by atoms with E-state index < -0.39 is 20.7 Å². The lowest BCUT2D eigenvalue weighted by Gasteiger charge is -2.06. The van der Waals surface area contributed by atoms with Gasteiger partial charge in [-0.25, -0.2) is 22.5 Å². The Bertz CT molecular complexity index is 779. The zero-order valence-corrected chi connectivity index (χ0v) is 11.5. The highest BCUT2D eigenvalue weighted by Crippen LogP contribution is 2.15. The van der Waals surface area contributed by atoms with E-state index in [4.69, 9.17) is 5.11 Å². The molecular weight excluding hydrogens is 299 g/mol. The average molecular weight is 310 g/mol. The zero-order valence-electron chi connectivity index (χ0n) is 10.7. The van der Waals surface area contributed by atoms with Gasteiger partial charge >= 0.3 is 0 Å². The highest BCUT2D eigenvalue weighted by Gasteiger charge is 2.19. The maximum atomic E-state index is 13.9. The fraction of sp³-hybridized carbons (Fsp3) is 0.167. The average Bonchev–Trinajstić information content (AvgIpc) is 2.96. The topological polar surface area (TPSA) is 108 Å². The third-order valence-corrected chi connectivity index (χ3v) is 3.86. The molecule has 0 unspecified atom stereocenters. The number of nitrogens with zero attached hydrogens (tertiary/aromatic N) is 2. The van der Waals surface area contributed by atoms with E-state index >= 15 is 0 Å². The van der Waals surface area contributed by atoms with Gasteiger partial charge in [0, 0.05) is 5.56 Å². The van der Waals surface area contributed by atoms with Crippen molar-refractivity contribution in [3.05, 3.63) is 41.7 Å². The Hall–Kier alpha value is -2.28. The molecule has 0 fully saturated rings. The molecule has 2 rings (SSSR count). The van der Waals surface area contributed by atoms with Crippen LogP contribution in [0.15, 0.2) is 29.4 Å². The second kappa shape index (κ2) is 6.45. The molecule has 0 spiro atoms. The number of rotatable bonds is 4. The van der Waals surface area contributed by atoms with Crippen molar-refractivity contribution in [1.29, 1.82) is 0 Å². The molecule has 1 aromatic carbocycles. The van der Waals surface area contributed by atoms with Crippen LogP contribution in [-0.2, 0) is 16.6 Å². The maximum absolute atomic E-state index is 13.9. The van der Waals surface area contributed by atoms with Gasteiger partial charge < -0.3 is 5.11 Å². The summed E-state index contributed by atoms with van der Waals surface area (Å²) in [5.74, 6) is 4.22. The molecule has 3 N–H and O–H groups in total. The van der Waals surface area contributed by atoms with Crippen LogP contribution < -0.4 is 4.72 Å². The summed E-state index contributed by atoms with van der Waals surface area (Å²) >= 11 is 0. The summed E-state index contributed by atoms with van der Waals surface area (Å²) in [6.45, 7) is -0.492. The molecule has 1 heterocycles. The number of hydrogen-bond donors (Lipinski definition) is 3. The first kappa shape index (κ1) is 15.1. The van der Waals surface area contributed by atoms with Crippen LogP contribution >= 0.6 is 0 Å². The Kier molecular flexibility index (Phi) is 4.64. The summed E-state index contributed by atoms with van der Waals surface area (Å²) in [5.41, 5.74) is 0.274. The van der Waals surface area contributed by atoms with Gasteiger partial charge in [0.2, 0.25) is 10.0 Å². The Morgan fingerprint density at radius 3 is 2.86 bits per heavy atom. The minimum absolute atomic E-state index is 0.131. The first-order chi connectivity index (χ1) is 10.0. The Morgan fingerprint density at radius 2 is 2.24 bits per heavy atom. The van der Waals surface area contributed by atoms with Gasteiger partial charge in [-0.05, 0) is 18.2 Å². The van der Waals surface area contributed by atoms with Gasteiger partial charge in [-0.2, -0.15) is 5.10 Å². The second-order valence-electron chi connectivity index (χ2n) is 3.86. The van der Waals surface area contributed by atoms with E-state index in [1.54, 1.807) is 0 Å². The second-order valence-corrected chi connectivity index (χ2v) is 5.60. The molecule has 0 aliphatic heterocycles. The van der Waals surface area contributed by atoms with E-state index in [9.17, 15) is 12.8 Å². The lowest BCUT2D eigenvalue weighted by molar-refractivity contribution is 0.350. The number of aromatic amines is 1. The number of hydrogen-bond acceptors (Lipinski definition) is 5. The van der Waals surface area contributed by atoms with Gasteiger partial charge in [-0.15, -0.1) is 0 Å². The summed E-state index contributed by atoms with van der Waals surface area (Å²) in [7, 11) is -4.01. The quantitative estimate of drug-likeness (QED) is 0.676. The lowest BCUT2D eigenvalue weighted by Crippen LogP contribution is -2.24. The molecule has 0 saturated heterocycles. The minimum Gasteiger partial charge on any atom is -0.384 e. The van der Waals surface area contributed by atoms with Gasteiger partial charge in [0.25, 0.3) is 0 Å². The highest BCUT2D eigenvalue weighted by molar-refractivity contribution is 7.89. The van der Waals surface area contributed by atoms with Crippen LogP contribution in [-0.4, -0.2) is 35.3 Å². The van der Waals surface area contributed by atoms with Crippen molar-refractivity contribution in [2.24, 2.45) is 0 Å². The molecule has 0 radical (unpaired) electrons. The lowest BCUT2D eigenvalue weighted by atomic mass is 10.2. The Balaban J connectivity index is 2.19. The van der Waals surface area contributed by atoms with E-state index in [0.29, 0.717) is 5.82 Å². The number of nitrogens with one attached hydrogen (secondary N) is 2. The molecule has 0 aliphatic carbocycles. The van der Waals surface area contributed by atoms with Crippen molar-refractivity contribution in [1.82, 2.24) is 19.9 Å². The predicted octanol–water partition coefficient (Wildman–Crippen LogP) is -0.234. The standard InChI is InChI=1S/C12H11FN4O3S/c13-10-6-9(2-1-5-18)3-4-11(10)21(19,20)16-7-12-14-8-15-17-12/h3-4,6,8,16,18H,5,7H2,(H,14,15,17). The molecule has 0 atom stereocenters. The first-order valence-electron chi connectivity index (χ1n) is 5.76. The summed E-state index contributed by atoms with van der Waals surface area (Å²) in [6, 6.07) is 3.46. The molecule has 9 heteroatoms. The normalized spacial score (nSPS) is 11.0. The van der Waals surface area contributed by atoms with Crippen LogP contribution in [0.25, 0.3) is 0 Å². The van der Waals surface area contributed by atoms with Crippen molar-refractivity contribution in [2.45, 2.75) is 11.4 Å². The molecule has 110 valence electrons. The third-order valence-electron chi connectivity index (χ3n) is 2.43. The Morgan fingerprint density at radius 1 is 1.43 bits per heavy atom. The molecule has 0 aliphatic rings. The summed E-state index contributed by atoms with van der Waals surface area (Å²) in [4.78, 5) is 3.26. The van der Waals surface area contributed by atoms with E-state index in [1.807, 2.05) is 0 Å². The number of halogens is 1. The Labute approximate surface area is 120 Å². The molecule has 7 nitrogen and oxygen atoms in total. The van der Waals surface area contributed by atoms with Crippen LogP contribution in [0.2, 0.25) is 0 Å². The van der Waals surface area contributed by atoms with Gasteiger partial charge in [0.05, 0.1) is 6.54 Å². The molecule has 0 saturated carbocycles. The zero-order chi connectivity index (χ0) is 15.3. The number of aliphatic hydroxyl groups excluding tert-OH is 1. The highest BCUT2D eigenvalue weighted by atomic mass is 32.2. The van der Waals surface area contributed by atoms with Gasteiger partial charge in [-0.3, -0.25) is 5.10 Å². The minimum atomic E-state index is -4.01. The van der Waals surface area contributed by atoms with Crippen molar-refractivity contribution >= 4 is 10.0 Å². The smallest absolute Gasteiger partial charge is 0.243 e. The van der Waals surface area contributed by atoms with Crippen molar-refractivity contribution in [3.8, 4) is 11.8 Å². The van der Waals surface area contributed by atoms with Crippen LogP contribution in [0.1, 0.15) is 11.4 Å². The molecule has 0 amide bonds. The molecule has 0 bridgehead atoms. The fourth-order valence-electron chi connectivity index (χ4n) is 1.50. The monoisotopic (exact) mass is 310 g/mol. The largest absolute Gasteiger partial charge is 0.384 e. The number of H-pyrrole nitrogens is 1. The van der Waals surface area contributed by atoms with Crippen LogP contribution in [0, 0.1) is 17.7 Å². The summed E-state index contributed by atoms with van der Waals surface area (Å²) in [6.07, 6.45) is 1.23. The van der Waals surface area contributed by atoms with Gasteiger partial charge in [0.1, 0.15) is 29.5 Å². The molecule has 21 heavy (non-hydrogen) atoms.